The molecule has 11 heteroatoms. The van der Waals surface area contributed by atoms with Crippen LogP contribution in [0, 0.1) is 11.3 Å². The first-order valence-corrected chi connectivity index (χ1v) is 9.47. The molecule has 0 spiro atoms. The summed E-state index contributed by atoms with van der Waals surface area (Å²) < 4.78 is 1.59. The summed E-state index contributed by atoms with van der Waals surface area (Å²) in [6.07, 6.45) is 1.70. The van der Waals surface area contributed by atoms with E-state index in [0.717, 1.165) is 5.56 Å². The van der Waals surface area contributed by atoms with Crippen LogP contribution in [0.15, 0.2) is 54.7 Å². The topological polar surface area (TPSA) is 169 Å². The molecule has 0 unspecified atom stereocenters. The number of nitrogen functional groups attached to an aromatic ring is 1. The number of hydrogen-bond acceptors (Lipinski definition) is 9. The number of nitrogens with zero attached hydrogens (tertiary/aromatic N) is 7. The highest BCUT2D eigenvalue weighted by molar-refractivity contribution is 5.72. The highest BCUT2D eigenvalue weighted by Gasteiger charge is 2.12. The number of carboxylic acids is 1. The number of aliphatic carboxylic acids is 1. The fraction of sp³-hybridized carbons (Fsp3) is 0.0952. The van der Waals surface area contributed by atoms with Crippen molar-refractivity contribution < 1.29 is 9.90 Å². The molecule has 4 N–H and O–H groups in total. The lowest BCUT2D eigenvalue weighted by atomic mass is 10.1. The Morgan fingerprint density at radius 1 is 1.09 bits per heavy atom. The van der Waals surface area contributed by atoms with Crippen molar-refractivity contribution in [1.29, 1.82) is 5.26 Å². The van der Waals surface area contributed by atoms with E-state index in [0.29, 0.717) is 40.7 Å². The SMILES string of the molecule is N#Cc1cccc(-c2cc(-c3cn(Cc4cccc(NCC(=O)O)n4)nn3)nc(N)n2)c1. The predicted molar refractivity (Wildman–Crippen MR) is 115 cm³/mol. The van der Waals surface area contributed by atoms with Crippen molar-refractivity contribution in [2.75, 3.05) is 17.6 Å². The number of anilines is 2. The maximum Gasteiger partial charge on any atom is 0.322 e. The van der Waals surface area contributed by atoms with E-state index in [1.165, 1.54) is 0 Å². The number of carboxylic acid groups (broad SMARTS) is 1. The Morgan fingerprint density at radius 2 is 1.91 bits per heavy atom. The monoisotopic (exact) mass is 427 g/mol. The van der Waals surface area contributed by atoms with Crippen LogP contribution in [0.1, 0.15) is 11.3 Å². The minimum atomic E-state index is -0.971. The van der Waals surface area contributed by atoms with Crippen molar-refractivity contribution in [2.45, 2.75) is 6.54 Å². The Morgan fingerprint density at radius 3 is 2.72 bits per heavy atom. The quantitative estimate of drug-likeness (QED) is 0.395. The molecule has 0 amide bonds. The molecular weight excluding hydrogens is 410 g/mol. The van der Waals surface area contributed by atoms with Crippen LogP contribution in [-0.2, 0) is 11.3 Å². The maximum absolute atomic E-state index is 10.7. The van der Waals surface area contributed by atoms with E-state index in [-0.39, 0.29) is 12.5 Å². The number of hydrogen-bond donors (Lipinski definition) is 3. The zero-order chi connectivity index (χ0) is 22.5. The van der Waals surface area contributed by atoms with Crippen LogP contribution < -0.4 is 11.1 Å². The number of nitrogens with two attached hydrogens (primary N) is 1. The minimum absolute atomic E-state index is 0.0771. The molecule has 4 aromatic rings. The number of benzene rings is 1. The number of pyridine rings is 1. The van der Waals surface area contributed by atoms with Gasteiger partial charge in [-0.15, -0.1) is 5.10 Å². The van der Waals surface area contributed by atoms with Crippen LogP contribution in [-0.4, -0.2) is 47.6 Å². The molecule has 0 saturated heterocycles. The van der Waals surface area contributed by atoms with Crippen LogP contribution >= 0.6 is 0 Å². The lowest BCUT2D eigenvalue weighted by molar-refractivity contribution is -0.134. The Balaban J connectivity index is 1.56. The molecule has 0 atom stereocenters. The molecule has 4 rings (SSSR count). The molecule has 1 aromatic carbocycles. The van der Waals surface area contributed by atoms with E-state index in [1.54, 1.807) is 53.3 Å². The molecule has 32 heavy (non-hydrogen) atoms. The van der Waals surface area contributed by atoms with Gasteiger partial charge in [-0.1, -0.05) is 23.4 Å². The van der Waals surface area contributed by atoms with Gasteiger partial charge in [0, 0.05) is 5.56 Å². The fourth-order valence-electron chi connectivity index (χ4n) is 2.98. The Labute approximate surface area is 182 Å². The molecule has 3 aromatic heterocycles. The van der Waals surface area contributed by atoms with E-state index < -0.39 is 5.97 Å². The smallest absolute Gasteiger partial charge is 0.322 e. The van der Waals surface area contributed by atoms with Gasteiger partial charge in [0.25, 0.3) is 0 Å². The van der Waals surface area contributed by atoms with Gasteiger partial charge in [0.2, 0.25) is 5.95 Å². The first-order valence-electron chi connectivity index (χ1n) is 9.47. The third-order valence-electron chi connectivity index (χ3n) is 4.38. The van der Waals surface area contributed by atoms with Crippen molar-refractivity contribution in [3.63, 3.8) is 0 Å². The minimum Gasteiger partial charge on any atom is -0.480 e. The summed E-state index contributed by atoms with van der Waals surface area (Å²) >= 11 is 0. The third kappa shape index (κ3) is 4.82. The average molecular weight is 427 g/mol. The van der Waals surface area contributed by atoms with E-state index in [4.69, 9.17) is 16.1 Å². The number of nitrogens with one attached hydrogen (secondary N) is 1. The molecule has 11 nitrogen and oxygen atoms in total. The first kappa shape index (κ1) is 20.4. The van der Waals surface area contributed by atoms with Crippen LogP contribution in [0.2, 0.25) is 0 Å². The van der Waals surface area contributed by atoms with Gasteiger partial charge in [0.05, 0.1) is 41.5 Å². The average Bonchev–Trinajstić information content (AvgIpc) is 3.26. The van der Waals surface area contributed by atoms with Crippen LogP contribution in [0.5, 0.6) is 0 Å². The van der Waals surface area contributed by atoms with Crippen molar-refractivity contribution in [2.24, 2.45) is 0 Å². The number of carbonyl (C=O) groups is 1. The maximum atomic E-state index is 10.7. The number of aromatic nitrogens is 6. The first-order chi connectivity index (χ1) is 15.5. The Hall–Kier alpha value is -4.85. The summed E-state index contributed by atoms with van der Waals surface area (Å²) in [4.78, 5) is 23.6. The molecule has 0 radical (unpaired) electrons. The van der Waals surface area contributed by atoms with E-state index >= 15 is 0 Å². The summed E-state index contributed by atoms with van der Waals surface area (Å²) in [5, 5.41) is 28.9. The second kappa shape index (κ2) is 8.88. The Kier molecular flexibility index (Phi) is 5.67. The van der Waals surface area contributed by atoms with E-state index in [9.17, 15) is 4.79 Å². The summed E-state index contributed by atoms with van der Waals surface area (Å²) in [6.45, 7) is 0.103. The van der Waals surface area contributed by atoms with Crippen molar-refractivity contribution in [3.05, 3.63) is 66.0 Å². The highest BCUT2D eigenvalue weighted by Crippen LogP contribution is 2.24. The molecule has 0 fully saturated rings. The van der Waals surface area contributed by atoms with Crippen molar-refractivity contribution in [3.8, 4) is 28.7 Å². The van der Waals surface area contributed by atoms with Crippen molar-refractivity contribution in [1.82, 2.24) is 29.9 Å². The zero-order valence-corrected chi connectivity index (χ0v) is 16.7. The lowest BCUT2D eigenvalue weighted by Gasteiger charge is -2.05. The summed E-state index contributed by atoms with van der Waals surface area (Å²) in [7, 11) is 0. The molecule has 0 aliphatic rings. The normalized spacial score (nSPS) is 10.5. The van der Waals surface area contributed by atoms with Crippen LogP contribution in [0.3, 0.4) is 0 Å². The lowest BCUT2D eigenvalue weighted by Crippen LogP contribution is -2.14. The molecule has 0 aliphatic carbocycles. The highest BCUT2D eigenvalue weighted by atomic mass is 16.4. The van der Waals surface area contributed by atoms with Crippen LogP contribution in [0.25, 0.3) is 22.6 Å². The molecule has 0 bridgehead atoms. The van der Waals surface area contributed by atoms with Gasteiger partial charge in [-0.2, -0.15) is 5.26 Å². The predicted octanol–water partition coefficient (Wildman–Crippen LogP) is 1.80. The summed E-state index contributed by atoms with van der Waals surface area (Å²) in [5.41, 5.74) is 9.38. The number of rotatable bonds is 7. The third-order valence-corrected chi connectivity index (χ3v) is 4.38. The molecule has 0 saturated carbocycles. The Bertz CT molecular complexity index is 1330. The van der Waals surface area contributed by atoms with E-state index in [1.807, 2.05) is 6.07 Å². The van der Waals surface area contributed by atoms with Gasteiger partial charge < -0.3 is 16.2 Å². The van der Waals surface area contributed by atoms with Gasteiger partial charge in [-0.3, -0.25) is 4.79 Å². The van der Waals surface area contributed by atoms with Crippen molar-refractivity contribution >= 4 is 17.7 Å². The summed E-state index contributed by atoms with van der Waals surface area (Å²) in [5.74, 6) is -0.438. The van der Waals surface area contributed by atoms with Gasteiger partial charge in [-0.25, -0.2) is 19.6 Å². The largest absolute Gasteiger partial charge is 0.480 e. The second-order valence-electron chi connectivity index (χ2n) is 6.75. The van der Waals surface area contributed by atoms with E-state index in [2.05, 4.69) is 36.7 Å². The second-order valence-corrected chi connectivity index (χ2v) is 6.75. The fourth-order valence-corrected chi connectivity index (χ4v) is 2.98. The van der Waals surface area contributed by atoms with Gasteiger partial charge >= 0.3 is 5.97 Å². The molecule has 0 aliphatic heterocycles. The number of nitriles is 1. The van der Waals surface area contributed by atoms with Crippen LogP contribution in [0.4, 0.5) is 11.8 Å². The standard InChI is InChI=1S/C21H17N9O2/c22-9-13-3-1-4-14(7-13)16-8-17(27-21(23)26-16)18-12-30(29-28-18)11-15-5-2-6-19(25-15)24-10-20(31)32/h1-8,12H,10-11H2,(H,24,25)(H,31,32)(H2,23,26,27). The van der Waals surface area contributed by atoms with Gasteiger partial charge in [0.1, 0.15) is 18.1 Å². The van der Waals surface area contributed by atoms with Gasteiger partial charge in [-0.05, 0) is 30.3 Å². The molecule has 3 heterocycles. The molecule has 158 valence electrons. The molecular formula is C21H17N9O2. The summed E-state index contributed by atoms with van der Waals surface area (Å²) in [6, 6.07) is 16.1. The zero-order valence-electron chi connectivity index (χ0n) is 16.7. The van der Waals surface area contributed by atoms with Gasteiger partial charge in [0.15, 0.2) is 0 Å².